The third-order valence-electron chi connectivity index (χ3n) is 3.33. The Hall–Kier alpha value is -1.31. The lowest BCUT2D eigenvalue weighted by molar-refractivity contribution is 0.391. The van der Waals surface area contributed by atoms with E-state index in [4.69, 9.17) is 0 Å². The Morgan fingerprint density at radius 1 is 1.28 bits per heavy atom. The maximum absolute atomic E-state index is 4.63. The Morgan fingerprint density at radius 3 is 2.67 bits per heavy atom. The van der Waals surface area contributed by atoms with Gasteiger partial charge in [0.15, 0.2) is 0 Å². The molecule has 0 saturated carbocycles. The van der Waals surface area contributed by atoms with Gasteiger partial charge in [-0.3, -0.25) is 4.99 Å². The Labute approximate surface area is 111 Å². The van der Waals surface area contributed by atoms with Crippen LogP contribution in [0.3, 0.4) is 0 Å². The monoisotopic (exact) mass is 244 g/mol. The molecule has 1 atom stereocenters. The summed E-state index contributed by atoms with van der Waals surface area (Å²) in [5, 5.41) is 0. The van der Waals surface area contributed by atoms with Crippen molar-refractivity contribution in [3.8, 4) is 0 Å². The zero-order chi connectivity index (χ0) is 13.0. The molecule has 1 aromatic carbocycles. The van der Waals surface area contributed by atoms with Gasteiger partial charge < -0.3 is 4.90 Å². The van der Waals surface area contributed by atoms with E-state index < -0.39 is 0 Å². The first-order chi connectivity index (χ1) is 8.54. The summed E-state index contributed by atoms with van der Waals surface area (Å²) >= 11 is 0. The molecule has 98 valence electrons. The van der Waals surface area contributed by atoms with Gasteiger partial charge in [-0.2, -0.15) is 0 Å². The quantitative estimate of drug-likeness (QED) is 0.587. The topological polar surface area (TPSA) is 15.6 Å². The molecule has 0 aromatic heterocycles. The van der Waals surface area contributed by atoms with Crippen LogP contribution in [0.1, 0.15) is 39.2 Å². The predicted octanol–water partition coefficient (Wildman–Crippen LogP) is 3.52. The molecule has 0 bridgehead atoms. The molecule has 0 aliphatic carbocycles. The molecule has 0 radical (unpaired) electrons. The van der Waals surface area contributed by atoms with Gasteiger partial charge in [-0.15, -0.1) is 0 Å². The van der Waals surface area contributed by atoms with Crippen LogP contribution >= 0.6 is 0 Å². The van der Waals surface area contributed by atoms with Crippen LogP contribution in [0.4, 0.5) is 0 Å². The molecule has 1 aromatic rings. The number of rotatable bonds is 3. The number of hydrogen-bond donors (Lipinski definition) is 0. The van der Waals surface area contributed by atoms with Crippen molar-refractivity contribution >= 4 is 6.34 Å². The Morgan fingerprint density at radius 2 is 2.00 bits per heavy atom. The van der Waals surface area contributed by atoms with Gasteiger partial charge in [0.2, 0.25) is 0 Å². The van der Waals surface area contributed by atoms with Gasteiger partial charge >= 0.3 is 0 Å². The highest BCUT2D eigenvalue weighted by atomic mass is 15.2. The molecule has 2 rings (SSSR count). The van der Waals surface area contributed by atoms with E-state index in [2.05, 4.69) is 67.3 Å². The maximum atomic E-state index is 4.63. The average Bonchev–Trinajstić information content (AvgIpc) is 2.74. The van der Waals surface area contributed by atoms with Gasteiger partial charge in [0.25, 0.3) is 0 Å². The van der Waals surface area contributed by atoms with Crippen LogP contribution in [-0.4, -0.2) is 29.4 Å². The van der Waals surface area contributed by atoms with Crippen molar-refractivity contribution < 1.29 is 0 Å². The highest BCUT2D eigenvalue weighted by Crippen LogP contribution is 2.20. The van der Waals surface area contributed by atoms with E-state index in [9.17, 15) is 0 Å². The van der Waals surface area contributed by atoms with E-state index in [-0.39, 0.29) is 5.54 Å². The van der Waals surface area contributed by atoms with Crippen LogP contribution in [0.15, 0.2) is 35.3 Å². The molecule has 1 unspecified atom stereocenters. The van der Waals surface area contributed by atoms with Gasteiger partial charge in [0, 0.05) is 12.6 Å². The minimum atomic E-state index is 0.0277. The van der Waals surface area contributed by atoms with E-state index >= 15 is 0 Å². The minimum absolute atomic E-state index is 0.0277. The lowest BCUT2D eigenvalue weighted by atomic mass is 10.0. The fourth-order valence-electron chi connectivity index (χ4n) is 2.36. The molecule has 1 aliphatic heterocycles. The van der Waals surface area contributed by atoms with Crippen LogP contribution in [0.2, 0.25) is 0 Å². The molecule has 1 aliphatic rings. The normalized spacial score (nSPS) is 20.8. The summed E-state index contributed by atoms with van der Waals surface area (Å²) in [6, 6.07) is 11.4. The van der Waals surface area contributed by atoms with E-state index in [0.717, 1.165) is 13.0 Å². The maximum Gasteiger partial charge on any atom is 0.0858 e. The summed E-state index contributed by atoms with van der Waals surface area (Å²) in [6.07, 6.45) is 5.77. The summed E-state index contributed by atoms with van der Waals surface area (Å²) in [4.78, 5) is 7.05. The first kappa shape index (κ1) is 13.1. The van der Waals surface area contributed by atoms with E-state index in [1.54, 1.807) is 0 Å². The smallest absolute Gasteiger partial charge is 0.0858 e. The molecule has 2 nitrogen and oxygen atoms in total. The first-order valence-electron chi connectivity index (χ1n) is 6.90. The van der Waals surface area contributed by atoms with Crippen molar-refractivity contribution in [3.05, 3.63) is 35.9 Å². The molecule has 0 spiro atoms. The van der Waals surface area contributed by atoms with Crippen LogP contribution in [0.5, 0.6) is 0 Å². The van der Waals surface area contributed by atoms with Crippen LogP contribution in [0.25, 0.3) is 0 Å². The van der Waals surface area contributed by atoms with Crippen LogP contribution < -0.4 is 0 Å². The molecule has 2 heteroatoms. The second-order valence-electron chi connectivity index (χ2n) is 6.14. The zero-order valence-electron chi connectivity index (χ0n) is 11.8. The Bertz CT molecular complexity index is 389. The molecule has 1 heterocycles. The fourth-order valence-corrected chi connectivity index (χ4v) is 2.36. The standard InChI is InChI=1S/C16H24N2/c1-16(2,3)17-13-18-11-7-10-15(18)12-14-8-5-4-6-9-14/h4-6,8-9,13,15H,7,10-12H2,1-3H3. The third kappa shape index (κ3) is 3.86. The number of nitrogens with zero attached hydrogens (tertiary/aromatic N) is 2. The van der Waals surface area contributed by atoms with E-state index in [1.165, 1.54) is 18.4 Å². The molecule has 0 N–H and O–H groups in total. The highest BCUT2D eigenvalue weighted by Gasteiger charge is 2.22. The molecular formula is C16H24N2. The summed E-state index contributed by atoms with van der Waals surface area (Å²) in [7, 11) is 0. The minimum Gasteiger partial charge on any atom is -0.360 e. The van der Waals surface area contributed by atoms with Crippen LogP contribution in [-0.2, 0) is 6.42 Å². The van der Waals surface area contributed by atoms with Gasteiger partial charge in [-0.1, -0.05) is 30.3 Å². The van der Waals surface area contributed by atoms with Crippen molar-refractivity contribution in [1.29, 1.82) is 0 Å². The van der Waals surface area contributed by atoms with Crippen LogP contribution in [0, 0.1) is 0 Å². The SMILES string of the molecule is CC(C)(C)N=CN1CCCC1Cc1ccccc1. The van der Waals surface area contributed by atoms with Gasteiger partial charge in [-0.25, -0.2) is 0 Å². The number of benzene rings is 1. The summed E-state index contributed by atoms with van der Waals surface area (Å²) in [5.74, 6) is 0. The number of aliphatic imine (C=N–C) groups is 1. The second-order valence-corrected chi connectivity index (χ2v) is 6.14. The molecule has 0 amide bonds. The highest BCUT2D eigenvalue weighted by molar-refractivity contribution is 5.56. The lowest BCUT2D eigenvalue weighted by Crippen LogP contribution is -2.31. The summed E-state index contributed by atoms with van der Waals surface area (Å²) < 4.78 is 0. The van der Waals surface area contributed by atoms with Crippen molar-refractivity contribution in [2.24, 2.45) is 4.99 Å². The Kier molecular flexibility index (Phi) is 4.05. The molecule has 1 saturated heterocycles. The van der Waals surface area contributed by atoms with Gasteiger partial charge in [0.1, 0.15) is 0 Å². The van der Waals surface area contributed by atoms with E-state index in [1.807, 2.05) is 0 Å². The van der Waals surface area contributed by atoms with Crippen molar-refractivity contribution in [2.45, 2.75) is 51.6 Å². The van der Waals surface area contributed by atoms with Crippen molar-refractivity contribution in [3.63, 3.8) is 0 Å². The largest absolute Gasteiger partial charge is 0.360 e. The number of likely N-dealkylation sites (tertiary alicyclic amines) is 1. The van der Waals surface area contributed by atoms with E-state index in [0.29, 0.717) is 6.04 Å². The zero-order valence-corrected chi connectivity index (χ0v) is 11.8. The van der Waals surface area contributed by atoms with Gasteiger partial charge in [-0.05, 0) is 45.6 Å². The molecule has 1 fully saturated rings. The number of hydrogen-bond acceptors (Lipinski definition) is 1. The molecule has 18 heavy (non-hydrogen) atoms. The molecular weight excluding hydrogens is 220 g/mol. The first-order valence-corrected chi connectivity index (χ1v) is 6.90. The van der Waals surface area contributed by atoms with Crippen molar-refractivity contribution in [1.82, 2.24) is 4.90 Å². The second kappa shape index (κ2) is 5.55. The summed E-state index contributed by atoms with van der Waals surface area (Å²) in [6.45, 7) is 7.58. The fraction of sp³-hybridized carbons (Fsp3) is 0.562. The lowest BCUT2D eigenvalue weighted by Gasteiger charge is -2.23. The predicted molar refractivity (Wildman–Crippen MR) is 78.1 cm³/mol. The average molecular weight is 244 g/mol. The van der Waals surface area contributed by atoms with Crippen molar-refractivity contribution in [2.75, 3.05) is 6.54 Å². The Balaban J connectivity index is 1.98. The third-order valence-corrected chi connectivity index (χ3v) is 3.33. The summed E-state index contributed by atoms with van der Waals surface area (Å²) in [5.41, 5.74) is 1.46. The van der Waals surface area contributed by atoms with Gasteiger partial charge in [0.05, 0.1) is 11.9 Å².